The van der Waals surface area contributed by atoms with Crippen LogP contribution in [0.2, 0.25) is 0 Å². The number of nitrogens with zero attached hydrogens (tertiary/aromatic N) is 2. The van der Waals surface area contributed by atoms with Crippen molar-refractivity contribution in [2.24, 2.45) is 0 Å². The van der Waals surface area contributed by atoms with E-state index in [1.165, 1.54) is 12.8 Å². The van der Waals surface area contributed by atoms with Gasteiger partial charge in [0.15, 0.2) is 5.03 Å². The average molecular weight is 422 g/mol. The normalized spacial score (nSPS) is 15.2. The van der Waals surface area contributed by atoms with E-state index in [4.69, 9.17) is 4.74 Å². The van der Waals surface area contributed by atoms with Crippen molar-refractivity contribution in [3.05, 3.63) is 60.7 Å². The zero-order chi connectivity index (χ0) is 20.6. The van der Waals surface area contributed by atoms with Gasteiger partial charge in [-0.2, -0.15) is 5.10 Å². The van der Waals surface area contributed by atoms with Gasteiger partial charge in [-0.1, -0.05) is 42.5 Å². The summed E-state index contributed by atoms with van der Waals surface area (Å²) in [6.45, 7) is 3.64. The first-order chi connectivity index (χ1) is 14.6. The van der Waals surface area contributed by atoms with E-state index in [0.717, 1.165) is 25.0 Å². The summed E-state index contributed by atoms with van der Waals surface area (Å²) < 4.78 is 33.0. The van der Waals surface area contributed by atoms with E-state index in [-0.39, 0.29) is 9.92 Å². The largest absolute Gasteiger partial charge is 0.490 e. The number of para-hydroxylation sites is 1. The zero-order valence-electron chi connectivity index (χ0n) is 16.5. The van der Waals surface area contributed by atoms with Gasteiger partial charge >= 0.3 is 0 Å². The molecule has 0 bridgehead atoms. The maximum atomic E-state index is 13.5. The van der Waals surface area contributed by atoms with Gasteiger partial charge < -0.3 is 4.74 Å². The second kappa shape index (κ2) is 7.74. The first kappa shape index (κ1) is 19.1. The minimum Gasteiger partial charge on any atom is -0.490 e. The van der Waals surface area contributed by atoms with E-state index in [1.807, 2.05) is 42.5 Å². The Hall–Kier alpha value is -2.90. The second-order valence-corrected chi connectivity index (χ2v) is 9.44. The summed E-state index contributed by atoms with van der Waals surface area (Å²) in [5.74, 6) is 0.599. The predicted octanol–water partition coefficient (Wildman–Crippen LogP) is 4.02. The Morgan fingerprint density at radius 1 is 0.933 bits per heavy atom. The van der Waals surface area contributed by atoms with Gasteiger partial charge in [0.25, 0.3) is 0 Å². The van der Waals surface area contributed by atoms with Gasteiger partial charge in [0.05, 0.1) is 4.90 Å². The van der Waals surface area contributed by atoms with Crippen LogP contribution in [-0.4, -0.2) is 49.8 Å². The lowest BCUT2D eigenvalue weighted by atomic mass is 10.1. The Balaban J connectivity index is 1.50. The number of hydrogen-bond donors (Lipinski definition) is 1. The maximum absolute atomic E-state index is 13.5. The Morgan fingerprint density at radius 2 is 1.67 bits per heavy atom. The number of rotatable bonds is 6. The molecule has 0 amide bonds. The fraction of sp³-hybridized carbons (Fsp3) is 0.261. The molecule has 4 aromatic rings. The SMILES string of the molecule is O=S(=O)(c1cccc2ccccc12)c1[nH]nc2c(OCCN3CCCC3)cccc12. The molecule has 0 atom stereocenters. The molecule has 1 N–H and O–H groups in total. The Bertz CT molecular complexity index is 1300. The first-order valence-electron chi connectivity index (χ1n) is 10.2. The van der Waals surface area contributed by atoms with E-state index in [0.29, 0.717) is 28.6 Å². The van der Waals surface area contributed by atoms with Gasteiger partial charge in [-0.3, -0.25) is 10.00 Å². The third kappa shape index (κ3) is 3.34. The molecule has 0 radical (unpaired) electrons. The molecule has 1 saturated heterocycles. The number of sulfone groups is 1. The van der Waals surface area contributed by atoms with Crippen LogP contribution >= 0.6 is 0 Å². The van der Waals surface area contributed by atoms with E-state index >= 15 is 0 Å². The highest BCUT2D eigenvalue weighted by Gasteiger charge is 2.26. The molecule has 1 aliphatic heterocycles. The highest BCUT2D eigenvalue weighted by atomic mass is 32.2. The molecule has 1 fully saturated rings. The number of likely N-dealkylation sites (tertiary alicyclic amines) is 1. The summed E-state index contributed by atoms with van der Waals surface area (Å²) in [6, 6.07) is 18.2. The lowest BCUT2D eigenvalue weighted by Crippen LogP contribution is -2.25. The summed E-state index contributed by atoms with van der Waals surface area (Å²) in [5, 5.41) is 9.28. The van der Waals surface area contributed by atoms with Gasteiger partial charge in [0.1, 0.15) is 17.9 Å². The van der Waals surface area contributed by atoms with Crippen LogP contribution in [0.25, 0.3) is 21.7 Å². The van der Waals surface area contributed by atoms with Crippen LogP contribution in [0.5, 0.6) is 5.75 Å². The van der Waals surface area contributed by atoms with Crippen LogP contribution in [0.4, 0.5) is 0 Å². The summed E-state index contributed by atoms with van der Waals surface area (Å²) in [6.07, 6.45) is 2.48. The van der Waals surface area contributed by atoms with Crippen molar-refractivity contribution in [1.29, 1.82) is 0 Å². The van der Waals surface area contributed by atoms with Crippen LogP contribution < -0.4 is 4.74 Å². The number of H-pyrrole nitrogens is 1. The smallest absolute Gasteiger partial charge is 0.224 e. The second-order valence-electron chi connectivity index (χ2n) is 7.58. The minimum atomic E-state index is -3.78. The summed E-state index contributed by atoms with van der Waals surface area (Å²) in [4.78, 5) is 2.65. The van der Waals surface area contributed by atoms with Crippen LogP contribution in [0.3, 0.4) is 0 Å². The monoisotopic (exact) mass is 421 g/mol. The Morgan fingerprint density at radius 3 is 2.53 bits per heavy atom. The maximum Gasteiger partial charge on any atom is 0.224 e. The van der Waals surface area contributed by atoms with Crippen LogP contribution in [-0.2, 0) is 9.84 Å². The quantitative estimate of drug-likeness (QED) is 0.509. The Kier molecular flexibility index (Phi) is 4.92. The molecule has 2 heterocycles. The molecule has 1 aliphatic rings. The Labute approximate surface area is 175 Å². The standard InChI is InChI=1S/C23H23N3O3S/c27-30(28,21-12-5-8-17-7-1-2-9-18(17)21)23-19-10-6-11-20(22(19)24-25-23)29-16-15-26-13-3-4-14-26/h1-2,5-12H,3-4,13-16H2,(H,24,25). The van der Waals surface area contributed by atoms with Crippen LogP contribution in [0, 0.1) is 0 Å². The number of fused-ring (bicyclic) bond motifs is 2. The molecular formula is C23H23N3O3S. The van der Waals surface area contributed by atoms with Gasteiger partial charge in [0, 0.05) is 17.3 Å². The molecule has 7 heteroatoms. The predicted molar refractivity (Wildman–Crippen MR) is 117 cm³/mol. The third-order valence-corrected chi connectivity index (χ3v) is 7.47. The van der Waals surface area contributed by atoms with Crippen molar-refractivity contribution in [3.8, 4) is 5.75 Å². The number of aromatic amines is 1. The van der Waals surface area contributed by atoms with Crippen molar-refractivity contribution >= 4 is 31.5 Å². The molecule has 154 valence electrons. The number of nitrogens with one attached hydrogen (secondary N) is 1. The van der Waals surface area contributed by atoms with E-state index in [9.17, 15) is 8.42 Å². The molecule has 30 heavy (non-hydrogen) atoms. The molecule has 0 unspecified atom stereocenters. The lowest BCUT2D eigenvalue weighted by molar-refractivity contribution is 0.239. The number of benzene rings is 3. The molecule has 0 aliphatic carbocycles. The van der Waals surface area contributed by atoms with Gasteiger partial charge in [-0.05, 0) is 49.5 Å². The highest BCUT2D eigenvalue weighted by molar-refractivity contribution is 7.91. The van der Waals surface area contributed by atoms with E-state index in [1.54, 1.807) is 18.2 Å². The molecule has 6 nitrogen and oxygen atoms in total. The van der Waals surface area contributed by atoms with E-state index in [2.05, 4.69) is 15.1 Å². The molecule has 0 spiro atoms. The average Bonchev–Trinajstić information content (AvgIpc) is 3.44. The lowest BCUT2D eigenvalue weighted by Gasteiger charge is -2.15. The highest BCUT2D eigenvalue weighted by Crippen LogP contribution is 2.33. The summed E-state index contributed by atoms with van der Waals surface area (Å²) in [7, 11) is -3.78. The number of hydrogen-bond acceptors (Lipinski definition) is 5. The van der Waals surface area contributed by atoms with Gasteiger partial charge in [0.2, 0.25) is 9.84 Å². The van der Waals surface area contributed by atoms with Crippen molar-refractivity contribution in [2.75, 3.05) is 26.2 Å². The van der Waals surface area contributed by atoms with Crippen molar-refractivity contribution < 1.29 is 13.2 Å². The number of ether oxygens (including phenoxy) is 1. The molecular weight excluding hydrogens is 398 g/mol. The molecule has 3 aromatic carbocycles. The van der Waals surface area contributed by atoms with Gasteiger partial charge in [-0.25, -0.2) is 8.42 Å². The summed E-state index contributed by atoms with van der Waals surface area (Å²) in [5.41, 5.74) is 0.540. The number of aromatic nitrogens is 2. The van der Waals surface area contributed by atoms with Crippen LogP contribution in [0.15, 0.2) is 70.6 Å². The van der Waals surface area contributed by atoms with Crippen molar-refractivity contribution in [3.63, 3.8) is 0 Å². The van der Waals surface area contributed by atoms with Crippen molar-refractivity contribution in [2.45, 2.75) is 22.8 Å². The molecule has 1 aromatic heterocycles. The third-order valence-electron chi connectivity index (χ3n) is 5.68. The van der Waals surface area contributed by atoms with Crippen LogP contribution in [0.1, 0.15) is 12.8 Å². The van der Waals surface area contributed by atoms with E-state index < -0.39 is 9.84 Å². The first-order valence-corrected chi connectivity index (χ1v) is 11.7. The molecule has 0 saturated carbocycles. The zero-order valence-corrected chi connectivity index (χ0v) is 17.4. The minimum absolute atomic E-state index is 0.0962. The topological polar surface area (TPSA) is 75.3 Å². The van der Waals surface area contributed by atoms with Crippen molar-refractivity contribution in [1.82, 2.24) is 15.1 Å². The van der Waals surface area contributed by atoms with Gasteiger partial charge in [-0.15, -0.1) is 0 Å². The fourth-order valence-electron chi connectivity index (χ4n) is 4.14. The molecule has 5 rings (SSSR count). The summed E-state index contributed by atoms with van der Waals surface area (Å²) >= 11 is 0. The fourth-order valence-corrected chi connectivity index (χ4v) is 5.71.